The number of nitrogens with one attached hydrogen (secondary N) is 1. The number of hydrogen-bond donors (Lipinski definition) is 2. The van der Waals surface area contributed by atoms with Crippen LogP contribution in [0.15, 0.2) is 18.2 Å². The van der Waals surface area contributed by atoms with Crippen LogP contribution in [0.5, 0.6) is 0 Å². The Morgan fingerprint density at radius 2 is 2.30 bits per heavy atom. The number of nitriles is 1. The first kappa shape index (κ1) is 14.8. The van der Waals surface area contributed by atoms with Crippen molar-refractivity contribution in [2.45, 2.75) is 45.4 Å². The summed E-state index contributed by atoms with van der Waals surface area (Å²) in [6, 6.07) is 8.73. The van der Waals surface area contributed by atoms with Crippen molar-refractivity contribution in [3.8, 4) is 6.07 Å². The van der Waals surface area contributed by atoms with Gasteiger partial charge in [0.1, 0.15) is 6.07 Å². The quantitative estimate of drug-likeness (QED) is 0.881. The molecule has 1 saturated heterocycles. The predicted octanol–water partition coefficient (Wildman–Crippen LogP) is 2.02. The standard InChI is InChI=1S/C16H23N3O/c1-12(2)18-10-13-5-6-16(14(8-13)9-17)19-7-3-4-15(20)11-19/h5-6,8,12,15,18,20H,3-4,7,10-11H2,1-2H3. The lowest BCUT2D eigenvalue weighted by Crippen LogP contribution is -2.38. The molecule has 1 unspecified atom stereocenters. The van der Waals surface area contributed by atoms with Gasteiger partial charge >= 0.3 is 0 Å². The molecule has 1 fully saturated rings. The van der Waals surface area contributed by atoms with Gasteiger partial charge in [-0.15, -0.1) is 0 Å². The predicted molar refractivity (Wildman–Crippen MR) is 80.6 cm³/mol. The topological polar surface area (TPSA) is 59.3 Å². The molecule has 0 aromatic heterocycles. The summed E-state index contributed by atoms with van der Waals surface area (Å²) in [5.41, 5.74) is 2.76. The van der Waals surface area contributed by atoms with Gasteiger partial charge in [0.25, 0.3) is 0 Å². The molecule has 0 aliphatic carbocycles. The Bertz CT molecular complexity index is 493. The lowest BCUT2D eigenvalue weighted by Gasteiger charge is -2.32. The van der Waals surface area contributed by atoms with Gasteiger partial charge in [-0.3, -0.25) is 0 Å². The third kappa shape index (κ3) is 3.72. The van der Waals surface area contributed by atoms with Gasteiger partial charge in [-0.25, -0.2) is 0 Å². The molecule has 4 heteroatoms. The summed E-state index contributed by atoms with van der Waals surface area (Å²) in [6.07, 6.45) is 1.55. The number of hydrogen-bond acceptors (Lipinski definition) is 4. The molecule has 0 radical (unpaired) electrons. The van der Waals surface area contributed by atoms with Gasteiger partial charge in [0.05, 0.1) is 17.4 Å². The molecule has 20 heavy (non-hydrogen) atoms. The van der Waals surface area contributed by atoms with Crippen molar-refractivity contribution in [3.63, 3.8) is 0 Å². The fraction of sp³-hybridized carbons (Fsp3) is 0.562. The van der Waals surface area contributed by atoms with Gasteiger partial charge in [-0.1, -0.05) is 19.9 Å². The molecule has 1 aliphatic heterocycles. The molecule has 1 atom stereocenters. The van der Waals surface area contributed by atoms with Gasteiger partial charge in [0, 0.05) is 25.7 Å². The van der Waals surface area contributed by atoms with Crippen molar-refractivity contribution >= 4 is 5.69 Å². The number of rotatable bonds is 4. The van der Waals surface area contributed by atoms with Crippen LogP contribution in [-0.4, -0.2) is 30.3 Å². The van der Waals surface area contributed by atoms with Gasteiger partial charge in [-0.05, 0) is 30.5 Å². The third-order valence-corrected chi connectivity index (χ3v) is 3.63. The Labute approximate surface area is 121 Å². The Morgan fingerprint density at radius 1 is 1.50 bits per heavy atom. The minimum atomic E-state index is -0.280. The molecule has 1 aromatic carbocycles. The third-order valence-electron chi connectivity index (χ3n) is 3.63. The molecule has 2 N–H and O–H groups in total. The van der Waals surface area contributed by atoms with E-state index < -0.39 is 0 Å². The van der Waals surface area contributed by atoms with Crippen molar-refractivity contribution in [2.75, 3.05) is 18.0 Å². The summed E-state index contributed by atoms with van der Waals surface area (Å²) in [4.78, 5) is 2.12. The second-order valence-electron chi connectivity index (χ2n) is 5.74. The van der Waals surface area contributed by atoms with E-state index >= 15 is 0 Å². The second-order valence-corrected chi connectivity index (χ2v) is 5.74. The van der Waals surface area contributed by atoms with Crippen LogP contribution in [0, 0.1) is 11.3 Å². The highest BCUT2D eigenvalue weighted by molar-refractivity contribution is 5.60. The van der Waals surface area contributed by atoms with Gasteiger partial charge in [-0.2, -0.15) is 5.26 Å². The van der Waals surface area contributed by atoms with E-state index in [-0.39, 0.29) is 6.10 Å². The number of β-amino-alcohol motifs (C(OH)–C–C–N with tert-alkyl or cyclic N) is 1. The van der Waals surface area contributed by atoms with E-state index in [4.69, 9.17) is 0 Å². The average Bonchev–Trinajstić information content (AvgIpc) is 2.44. The highest BCUT2D eigenvalue weighted by atomic mass is 16.3. The van der Waals surface area contributed by atoms with Crippen molar-refractivity contribution in [1.82, 2.24) is 5.32 Å². The molecule has 4 nitrogen and oxygen atoms in total. The number of aliphatic hydroxyl groups excluding tert-OH is 1. The van der Waals surface area contributed by atoms with Crippen LogP contribution in [0.4, 0.5) is 5.69 Å². The van der Waals surface area contributed by atoms with Gasteiger partial charge < -0.3 is 15.3 Å². The highest BCUT2D eigenvalue weighted by Gasteiger charge is 2.20. The van der Waals surface area contributed by atoms with E-state index in [0.29, 0.717) is 18.2 Å². The maximum absolute atomic E-state index is 9.77. The lowest BCUT2D eigenvalue weighted by molar-refractivity contribution is 0.154. The molecular weight excluding hydrogens is 250 g/mol. The number of benzene rings is 1. The van der Waals surface area contributed by atoms with Crippen LogP contribution >= 0.6 is 0 Å². The number of nitrogens with zero attached hydrogens (tertiary/aromatic N) is 2. The average molecular weight is 273 g/mol. The van der Waals surface area contributed by atoms with Crippen LogP contribution in [0.3, 0.4) is 0 Å². The van der Waals surface area contributed by atoms with Crippen molar-refractivity contribution in [1.29, 1.82) is 5.26 Å². The summed E-state index contributed by atoms with van der Waals surface area (Å²) in [6.45, 7) is 6.52. The summed E-state index contributed by atoms with van der Waals surface area (Å²) in [5.74, 6) is 0. The molecule has 0 amide bonds. The van der Waals surface area contributed by atoms with Crippen LogP contribution in [0.2, 0.25) is 0 Å². The van der Waals surface area contributed by atoms with Gasteiger partial charge in [0.15, 0.2) is 0 Å². The Balaban J connectivity index is 2.15. The molecule has 2 rings (SSSR count). The first-order valence-corrected chi connectivity index (χ1v) is 7.29. The summed E-state index contributed by atoms with van der Waals surface area (Å²) in [7, 11) is 0. The SMILES string of the molecule is CC(C)NCc1ccc(N2CCCC(O)C2)c(C#N)c1. The molecule has 1 aliphatic rings. The van der Waals surface area contributed by atoms with E-state index in [9.17, 15) is 10.4 Å². The van der Waals surface area contributed by atoms with E-state index in [2.05, 4.69) is 36.2 Å². The number of anilines is 1. The minimum absolute atomic E-state index is 0.280. The molecule has 1 aromatic rings. The molecule has 0 saturated carbocycles. The monoisotopic (exact) mass is 273 g/mol. The lowest BCUT2D eigenvalue weighted by atomic mass is 10.0. The fourth-order valence-corrected chi connectivity index (χ4v) is 2.55. The molecular formula is C16H23N3O. The zero-order valence-corrected chi connectivity index (χ0v) is 12.3. The van der Waals surface area contributed by atoms with E-state index in [1.54, 1.807) is 0 Å². The fourth-order valence-electron chi connectivity index (χ4n) is 2.55. The van der Waals surface area contributed by atoms with E-state index in [1.807, 2.05) is 12.1 Å². The van der Waals surface area contributed by atoms with Crippen LogP contribution in [0.1, 0.15) is 37.8 Å². The zero-order chi connectivity index (χ0) is 14.5. The van der Waals surface area contributed by atoms with Crippen molar-refractivity contribution in [3.05, 3.63) is 29.3 Å². The molecule has 108 valence electrons. The molecule has 0 spiro atoms. The Hall–Kier alpha value is -1.57. The number of aliphatic hydroxyl groups is 1. The van der Waals surface area contributed by atoms with E-state index in [0.717, 1.165) is 37.2 Å². The van der Waals surface area contributed by atoms with Crippen molar-refractivity contribution < 1.29 is 5.11 Å². The van der Waals surface area contributed by atoms with Crippen molar-refractivity contribution in [2.24, 2.45) is 0 Å². The molecule has 1 heterocycles. The zero-order valence-electron chi connectivity index (χ0n) is 12.3. The van der Waals surface area contributed by atoms with Crippen LogP contribution in [-0.2, 0) is 6.54 Å². The van der Waals surface area contributed by atoms with Crippen LogP contribution in [0.25, 0.3) is 0 Å². The maximum atomic E-state index is 9.77. The van der Waals surface area contributed by atoms with Crippen LogP contribution < -0.4 is 10.2 Å². The Morgan fingerprint density at radius 3 is 2.95 bits per heavy atom. The summed E-state index contributed by atoms with van der Waals surface area (Å²) >= 11 is 0. The smallest absolute Gasteiger partial charge is 0.101 e. The minimum Gasteiger partial charge on any atom is -0.391 e. The normalized spacial score (nSPS) is 19.1. The maximum Gasteiger partial charge on any atom is 0.101 e. The Kier molecular flexibility index (Phi) is 4.99. The van der Waals surface area contributed by atoms with E-state index in [1.165, 1.54) is 0 Å². The largest absolute Gasteiger partial charge is 0.391 e. The first-order valence-electron chi connectivity index (χ1n) is 7.29. The number of piperidine rings is 1. The first-order chi connectivity index (χ1) is 9.60. The summed E-state index contributed by atoms with van der Waals surface area (Å²) < 4.78 is 0. The summed E-state index contributed by atoms with van der Waals surface area (Å²) in [5, 5.41) is 22.5. The van der Waals surface area contributed by atoms with Gasteiger partial charge in [0.2, 0.25) is 0 Å². The molecule has 0 bridgehead atoms. The highest BCUT2D eigenvalue weighted by Crippen LogP contribution is 2.25. The second kappa shape index (κ2) is 6.74.